The lowest BCUT2D eigenvalue weighted by Gasteiger charge is -2.16. The predicted molar refractivity (Wildman–Crippen MR) is 120 cm³/mol. The standard InChI is InChI=1S/C23H22N2O2S2/c26-22-8-3-13-25(22)18-11-9-17(10-12-18)15-24-23(27)20-6-1-2-7-21(20)29-16-19-5-4-14-28-19/h1-2,4-7,9-12,14H,3,8,13,15-16H2,(H,24,27). The van der Waals surface area contributed by atoms with Gasteiger partial charge in [0.05, 0.1) is 5.56 Å². The molecule has 2 amide bonds. The molecule has 1 N–H and O–H groups in total. The second-order valence-electron chi connectivity index (χ2n) is 6.86. The lowest BCUT2D eigenvalue weighted by Crippen LogP contribution is -2.24. The minimum Gasteiger partial charge on any atom is -0.348 e. The maximum atomic E-state index is 12.7. The third kappa shape index (κ3) is 4.89. The zero-order chi connectivity index (χ0) is 20.1. The van der Waals surface area contributed by atoms with Crippen molar-refractivity contribution in [2.75, 3.05) is 11.4 Å². The molecule has 0 unspecified atom stereocenters. The average molecular weight is 423 g/mol. The van der Waals surface area contributed by atoms with E-state index in [2.05, 4.69) is 16.8 Å². The van der Waals surface area contributed by atoms with Gasteiger partial charge in [-0.25, -0.2) is 0 Å². The Morgan fingerprint density at radius 1 is 1.07 bits per heavy atom. The van der Waals surface area contributed by atoms with Crippen LogP contribution < -0.4 is 10.2 Å². The fourth-order valence-corrected chi connectivity index (χ4v) is 5.14. The Hall–Kier alpha value is -2.57. The quantitative estimate of drug-likeness (QED) is 0.539. The van der Waals surface area contributed by atoms with E-state index in [1.54, 1.807) is 23.1 Å². The van der Waals surface area contributed by atoms with Crippen molar-refractivity contribution >= 4 is 40.6 Å². The van der Waals surface area contributed by atoms with Gasteiger partial charge in [0.2, 0.25) is 5.91 Å². The molecule has 1 fully saturated rings. The van der Waals surface area contributed by atoms with E-state index in [1.807, 2.05) is 59.5 Å². The number of anilines is 1. The van der Waals surface area contributed by atoms with E-state index in [0.717, 1.165) is 34.9 Å². The van der Waals surface area contributed by atoms with Crippen LogP contribution in [0, 0.1) is 0 Å². The van der Waals surface area contributed by atoms with Crippen molar-refractivity contribution in [3.05, 3.63) is 82.0 Å². The summed E-state index contributed by atoms with van der Waals surface area (Å²) in [6, 6.07) is 19.7. The highest BCUT2D eigenvalue weighted by Gasteiger charge is 2.21. The summed E-state index contributed by atoms with van der Waals surface area (Å²) in [6.45, 7) is 1.24. The van der Waals surface area contributed by atoms with Crippen molar-refractivity contribution in [1.29, 1.82) is 0 Å². The number of carbonyl (C=O) groups excluding carboxylic acids is 2. The lowest BCUT2D eigenvalue weighted by atomic mass is 10.1. The molecule has 2 heterocycles. The second-order valence-corrected chi connectivity index (χ2v) is 8.91. The van der Waals surface area contributed by atoms with Gasteiger partial charge in [0.25, 0.3) is 5.91 Å². The molecule has 29 heavy (non-hydrogen) atoms. The van der Waals surface area contributed by atoms with Crippen LogP contribution in [0.1, 0.15) is 33.6 Å². The lowest BCUT2D eigenvalue weighted by molar-refractivity contribution is -0.117. The molecule has 0 atom stereocenters. The first-order chi connectivity index (χ1) is 14.2. The maximum absolute atomic E-state index is 12.7. The van der Waals surface area contributed by atoms with E-state index < -0.39 is 0 Å². The summed E-state index contributed by atoms with van der Waals surface area (Å²) in [5, 5.41) is 5.09. The molecule has 4 nitrogen and oxygen atoms in total. The summed E-state index contributed by atoms with van der Waals surface area (Å²) < 4.78 is 0. The highest BCUT2D eigenvalue weighted by atomic mass is 32.2. The van der Waals surface area contributed by atoms with Gasteiger partial charge in [-0.05, 0) is 47.7 Å². The molecule has 2 aromatic carbocycles. The summed E-state index contributed by atoms with van der Waals surface area (Å²) in [5.74, 6) is 0.972. The molecular weight excluding hydrogens is 400 g/mol. The Bertz CT molecular complexity index is 984. The van der Waals surface area contributed by atoms with E-state index >= 15 is 0 Å². The first-order valence-corrected chi connectivity index (χ1v) is 11.5. The van der Waals surface area contributed by atoms with E-state index in [-0.39, 0.29) is 11.8 Å². The molecule has 4 rings (SSSR count). The number of hydrogen-bond acceptors (Lipinski definition) is 4. The zero-order valence-corrected chi connectivity index (χ0v) is 17.6. The van der Waals surface area contributed by atoms with E-state index in [4.69, 9.17) is 0 Å². The van der Waals surface area contributed by atoms with Crippen molar-refractivity contribution in [2.45, 2.75) is 30.0 Å². The van der Waals surface area contributed by atoms with E-state index in [1.165, 1.54) is 4.88 Å². The molecule has 1 saturated heterocycles. The minimum absolute atomic E-state index is 0.0712. The van der Waals surface area contributed by atoms with Crippen LogP contribution in [-0.2, 0) is 17.1 Å². The van der Waals surface area contributed by atoms with Crippen LogP contribution in [0.5, 0.6) is 0 Å². The van der Waals surface area contributed by atoms with Crippen LogP contribution >= 0.6 is 23.1 Å². The highest BCUT2D eigenvalue weighted by molar-refractivity contribution is 7.98. The average Bonchev–Trinajstić information content (AvgIpc) is 3.43. The fraction of sp³-hybridized carbons (Fsp3) is 0.217. The third-order valence-corrected chi connectivity index (χ3v) is 7.04. The van der Waals surface area contributed by atoms with Crippen LogP contribution in [0.25, 0.3) is 0 Å². The number of amides is 2. The van der Waals surface area contributed by atoms with Crippen LogP contribution in [0.2, 0.25) is 0 Å². The first-order valence-electron chi connectivity index (χ1n) is 9.62. The van der Waals surface area contributed by atoms with Gasteiger partial charge in [0, 0.05) is 40.7 Å². The molecule has 0 radical (unpaired) electrons. The van der Waals surface area contributed by atoms with Crippen LogP contribution in [-0.4, -0.2) is 18.4 Å². The fourth-order valence-electron chi connectivity index (χ4n) is 3.32. The molecule has 0 aliphatic carbocycles. The van der Waals surface area contributed by atoms with Crippen molar-refractivity contribution in [3.63, 3.8) is 0 Å². The maximum Gasteiger partial charge on any atom is 0.252 e. The van der Waals surface area contributed by atoms with Crippen molar-refractivity contribution in [1.82, 2.24) is 5.32 Å². The SMILES string of the molecule is O=C(NCc1ccc(N2CCCC2=O)cc1)c1ccccc1SCc1cccs1. The zero-order valence-electron chi connectivity index (χ0n) is 16.0. The van der Waals surface area contributed by atoms with Gasteiger partial charge in [-0.15, -0.1) is 23.1 Å². The third-order valence-electron chi connectivity index (χ3n) is 4.86. The number of hydrogen-bond donors (Lipinski definition) is 1. The summed E-state index contributed by atoms with van der Waals surface area (Å²) in [6.07, 6.45) is 1.54. The Morgan fingerprint density at radius 3 is 2.62 bits per heavy atom. The van der Waals surface area contributed by atoms with Gasteiger partial charge in [-0.1, -0.05) is 30.3 Å². The van der Waals surface area contributed by atoms with Crippen LogP contribution in [0.15, 0.2) is 70.9 Å². The summed E-state index contributed by atoms with van der Waals surface area (Å²) >= 11 is 3.41. The Morgan fingerprint density at radius 2 is 1.90 bits per heavy atom. The smallest absolute Gasteiger partial charge is 0.252 e. The van der Waals surface area contributed by atoms with Crippen LogP contribution in [0.4, 0.5) is 5.69 Å². The number of benzene rings is 2. The molecule has 148 valence electrons. The molecule has 0 spiro atoms. The molecule has 1 aliphatic rings. The Kier molecular flexibility index (Phi) is 6.32. The molecular formula is C23H22N2O2S2. The van der Waals surface area contributed by atoms with Crippen molar-refractivity contribution in [3.8, 4) is 0 Å². The minimum atomic E-state index is -0.0712. The largest absolute Gasteiger partial charge is 0.348 e. The van der Waals surface area contributed by atoms with E-state index in [9.17, 15) is 9.59 Å². The predicted octanol–water partition coefficient (Wildman–Crippen LogP) is 5.10. The number of thiophene rings is 1. The summed E-state index contributed by atoms with van der Waals surface area (Å²) in [4.78, 5) is 28.7. The number of nitrogens with one attached hydrogen (secondary N) is 1. The van der Waals surface area contributed by atoms with Crippen molar-refractivity contribution < 1.29 is 9.59 Å². The van der Waals surface area contributed by atoms with Gasteiger partial charge in [0.1, 0.15) is 0 Å². The summed E-state index contributed by atoms with van der Waals surface area (Å²) in [7, 11) is 0. The molecule has 0 saturated carbocycles. The number of nitrogens with zero attached hydrogens (tertiary/aromatic N) is 1. The second kappa shape index (κ2) is 9.29. The number of thioether (sulfide) groups is 1. The molecule has 1 aromatic heterocycles. The van der Waals surface area contributed by atoms with E-state index in [0.29, 0.717) is 18.5 Å². The van der Waals surface area contributed by atoms with Gasteiger partial charge in [0.15, 0.2) is 0 Å². The topological polar surface area (TPSA) is 49.4 Å². The van der Waals surface area contributed by atoms with Gasteiger partial charge < -0.3 is 10.2 Å². The van der Waals surface area contributed by atoms with Crippen molar-refractivity contribution in [2.24, 2.45) is 0 Å². The van der Waals surface area contributed by atoms with Gasteiger partial charge in [-0.3, -0.25) is 9.59 Å². The summed E-state index contributed by atoms with van der Waals surface area (Å²) in [5.41, 5.74) is 2.64. The first kappa shape index (κ1) is 19.7. The molecule has 0 bridgehead atoms. The Labute approximate surface area is 178 Å². The number of carbonyl (C=O) groups is 2. The monoisotopic (exact) mass is 422 g/mol. The normalized spacial score (nSPS) is 13.7. The number of rotatable bonds is 7. The molecule has 3 aromatic rings. The Balaban J connectivity index is 1.36. The molecule has 6 heteroatoms. The van der Waals surface area contributed by atoms with Gasteiger partial charge in [-0.2, -0.15) is 0 Å². The van der Waals surface area contributed by atoms with Gasteiger partial charge >= 0.3 is 0 Å². The molecule has 1 aliphatic heterocycles. The highest BCUT2D eigenvalue weighted by Crippen LogP contribution is 2.28. The van der Waals surface area contributed by atoms with Crippen LogP contribution in [0.3, 0.4) is 0 Å².